The zero-order valence-electron chi connectivity index (χ0n) is 26.2. The lowest BCUT2D eigenvalue weighted by Gasteiger charge is -2.33. The standard InChI is InChI=1S/C32H38F3N7O2S2/c1-20(41-10-12-46(43,44)13-11-41)18-42-25(17-36)14-27-21(2)23(4-5-29(27)42)19-40-8-6-24(7-9-40)39-30-28-15-26(16-32(33,34)35)45-31(28)38-22(3)37-30/h4-5,14-15,20,24H,6-13,16,18-19H2,1-3H3,(H,37,38,39)/t20-/m0/s1. The predicted octanol–water partition coefficient (Wildman–Crippen LogP) is 5.43. The Morgan fingerprint density at radius 2 is 1.80 bits per heavy atom. The molecule has 1 atom stereocenters. The molecule has 0 spiro atoms. The summed E-state index contributed by atoms with van der Waals surface area (Å²) >= 11 is 1.07. The average Bonchev–Trinajstić information content (AvgIpc) is 3.55. The second kappa shape index (κ2) is 12.7. The van der Waals surface area contributed by atoms with Crippen LogP contribution in [0.2, 0.25) is 0 Å². The van der Waals surface area contributed by atoms with Crippen LogP contribution in [0, 0.1) is 25.2 Å². The van der Waals surface area contributed by atoms with Gasteiger partial charge in [0, 0.05) is 67.1 Å². The van der Waals surface area contributed by atoms with E-state index in [1.807, 2.05) is 6.07 Å². The fourth-order valence-electron chi connectivity index (χ4n) is 6.67. The number of hydrogen-bond acceptors (Lipinski definition) is 9. The van der Waals surface area contributed by atoms with E-state index in [1.165, 1.54) is 5.56 Å². The number of hydrogen-bond donors (Lipinski definition) is 1. The Balaban J connectivity index is 1.11. The number of benzene rings is 1. The molecule has 46 heavy (non-hydrogen) atoms. The minimum atomic E-state index is -4.27. The number of halogens is 3. The molecule has 4 aromatic rings. The van der Waals surface area contributed by atoms with E-state index < -0.39 is 22.4 Å². The number of nitrogens with one attached hydrogen (secondary N) is 1. The topological polar surface area (TPSA) is 107 Å². The first-order valence-corrected chi connectivity index (χ1v) is 18.2. The third-order valence-corrected chi connectivity index (χ3v) is 11.9. The molecule has 14 heteroatoms. The van der Waals surface area contributed by atoms with Gasteiger partial charge in [-0.3, -0.25) is 9.80 Å². The SMILES string of the molecule is Cc1nc(NC2CCN(Cc3ccc4c(cc(C#N)n4C[C@H](C)N4CCS(=O)(=O)CC4)c3C)CC2)c2cc(CC(F)(F)F)sc2n1. The highest BCUT2D eigenvalue weighted by Crippen LogP contribution is 2.34. The number of likely N-dealkylation sites (tertiary alicyclic amines) is 1. The highest BCUT2D eigenvalue weighted by Gasteiger charge is 2.30. The Morgan fingerprint density at radius 3 is 2.48 bits per heavy atom. The van der Waals surface area contributed by atoms with Crippen LogP contribution in [0.25, 0.3) is 21.1 Å². The van der Waals surface area contributed by atoms with Gasteiger partial charge < -0.3 is 9.88 Å². The first kappa shape index (κ1) is 32.7. The molecule has 5 heterocycles. The lowest BCUT2D eigenvalue weighted by atomic mass is 10.0. The molecule has 2 fully saturated rings. The Hall–Kier alpha value is -3.25. The molecule has 0 amide bonds. The van der Waals surface area contributed by atoms with Crippen LogP contribution in [0.3, 0.4) is 0 Å². The smallest absolute Gasteiger partial charge is 0.367 e. The van der Waals surface area contributed by atoms with Crippen molar-refractivity contribution >= 4 is 48.1 Å². The molecule has 6 rings (SSSR count). The number of aromatic nitrogens is 3. The van der Waals surface area contributed by atoms with Crippen LogP contribution in [-0.2, 0) is 29.3 Å². The molecule has 0 radical (unpaired) electrons. The molecule has 246 valence electrons. The van der Waals surface area contributed by atoms with Gasteiger partial charge in [-0.15, -0.1) is 11.3 Å². The number of aryl methyl sites for hydroxylation is 2. The van der Waals surface area contributed by atoms with Crippen molar-refractivity contribution in [3.05, 3.63) is 51.8 Å². The van der Waals surface area contributed by atoms with Crippen molar-refractivity contribution in [1.82, 2.24) is 24.3 Å². The molecule has 0 saturated carbocycles. The van der Waals surface area contributed by atoms with E-state index in [0.717, 1.165) is 60.3 Å². The number of sulfone groups is 1. The number of thiophene rings is 1. The summed E-state index contributed by atoms with van der Waals surface area (Å²) in [7, 11) is -2.96. The molecule has 1 N–H and O–H groups in total. The Morgan fingerprint density at radius 1 is 1.09 bits per heavy atom. The van der Waals surface area contributed by atoms with Gasteiger partial charge in [0.2, 0.25) is 0 Å². The molecule has 0 unspecified atom stereocenters. The van der Waals surface area contributed by atoms with Gasteiger partial charge in [-0.2, -0.15) is 18.4 Å². The number of rotatable bonds is 8. The fourth-order valence-corrected chi connectivity index (χ4v) is 9.01. The van der Waals surface area contributed by atoms with E-state index in [-0.39, 0.29) is 28.5 Å². The van der Waals surface area contributed by atoms with Gasteiger partial charge in [0.15, 0.2) is 9.84 Å². The maximum Gasteiger partial charge on any atom is 0.393 e. The lowest BCUT2D eigenvalue weighted by Crippen LogP contribution is -2.46. The monoisotopic (exact) mass is 673 g/mol. The van der Waals surface area contributed by atoms with Crippen LogP contribution in [-0.4, -0.2) is 88.7 Å². The number of fused-ring (bicyclic) bond motifs is 2. The van der Waals surface area contributed by atoms with Gasteiger partial charge in [0.1, 0.15) is 28.2 Å². The molecule has 3 aromatic heterocycles. The van der Waals surface area contributed by atoms with E-state index in [2.05, 4.69) is 61.7 Å². The van der Waals surface area contributed by atoms with Crippen LogP contribution in [0.5, 0.6) is 0 Å². The third kappa shape index (κ3) is 7.17. The number of piperidine rings is 1. The molecule has 1 aromatic carbocycles. The van der Waals surface area contributed by atoms with E-state index in [0.29, 0.717) is 47.2 Å². The molecule has 0 aliphatic carbocycles. The zero-order valence-corrected chi connectivity index (χ0v) is 27.8. The van der Waals surface area contributed by atoms with Crippen molar-refractivity contribution < 1.29 is 21.6 Å². The third-order valence-electron chi connectivity index (χ3n) is 9.28. The summed E-state index contributed by atoms with van der Waals surface area (Å²) in [6.07, 6.45) is -3.49. The summed E-state index contributed by atoms with van der Waals surface area (Å²) in [4.78, 5) is 14.3. The van der Waals surface area contributed by atoms with Crippen LogP contribution in [0.4, 0.5) is 19.0 Å². The number of nitriles is 1. The molecule has 2 aliphatic heterocycles. The fraction of sp³-hybridized carbons (Fsp3) is 0.531. The Kier molecular flexibility index (Phi) is 9.06. The lowest BCUT2D eigenvalue weighted by molar-refractivity contribution is -0.126. The van der Waals surface area contributed by atoms with Crippen LogP contribution < -0.4 is 5.32 Å². The van der Waals surface area contributed by atoms with E-state index >= 15 is 0 Å². The van der Waals surface area contributed by atoms with Crippen LogP contribution in [0.1, 0.15) is 47.3 Å². The number of alkyl halides is 3. The first-order chi connectivity index (χ1) is 21.8. The average molecular weight is 674 g/mol. The highest BCUT2D eigenvalue weighted by molar-refractivity contribution is 7.91. The maximum atomic E-state index is 13.0. The first-order valence-electron chi connectivity index (χ1n) is 15.6. The van der Waals surface area contributed by atoms with E-state index in [1.54, 1.807) is 13.0 Å². The largest absolute Gasteiger partial charge is 0.393 e. The Labute approximate surface area is 270 Å². The summed E-state index contributed by atoms with van der Waals surface area (Å²) in [5.41, 5.74) is 3.97. The van der Waals surface area contributed by atoms with Crippen molar-refractivity contribution in [2.24, 2.45) is 0 Å². The van der Waals surface area contributed by atoms with Gasteiger partial charge in [-0.1, -0.05) is 6.07 Å². The maximum absolute atomic E-state index is 13.0. The summed E-state index contributed by atoms with van der Waals surface area (Å²) in [5, 5.41) is 15.2. The van der Waals surface area contributed by atoms with Crippen LogP contribution >= 0.6 is 11.3 Å². The van der Waals surface area contributed by atoms with Gasteiger partial charge in [-0.05, 0) is 62.9 Å². The minimum absolute atomic E-state index is 0.0946. The highest BCUT2D eigenvalue weighted by atomic mass is 32.2. The van der Waals surface area contributed by atoms with E-state index in [9.17, 15) is 26.9 Å². The second-order valence-electron chi connectivity index (χ2n) is 12.6. The number of nitrogens with zero attached hydrogens (tertiary/aromatic N) is 6. The molecule has 2 aliphatic rings. The van der Waals surface area contributed by atoms with Gasteiger partial charge in [-0.25, -0.2) is 18.4 Å². The minimum Gasteiger partial charge on any atom is -0.367 e. The van der Waals surface area contributed by atoms with Crippen molar-refractivity contribution in [2.75, 3.05) is 43.0 Å². The van der Waals surface area contributed by atoms with Gasteiger partial charge in [0.25, 0.3) is 0 Å². The summed E-state index contributed by atoms with van der Waals surface area (Å²) in [6.45, 7) is 10.1. The van der Waals surface area contributed by atoms with Crippen molar-refractivity contribution in [3.8, 4) is 6.07 Å². The predicted molar refractivity (Wildman–Crippen MR) is 175 cm³/mol. The van der Waals surface area contributed by atoms with Crippen molar-refractivity contribution in [2.45, 2.75) is 71.4 Å². The molecule has 9 nitrogen and oxygen atoms in total. The molecular weight excluding hydrogens is 636 g/mol. The normalized spacial score (nSPS) is 19.1. The number of anilines is 1. The Bertz CT molecular complexity index is 1890. The summed E-state index contributed by atoms with van der Waals surface area (Å²) < 4.78 is 64.8. The molecular formula is C32H38F3N7O2S2. The van der Waals surface area contributed by atoms with Gasteiger partial charge >= 0.3 is 6.18 Å². The quantitative estimate of drug-likeness (QED) is 0.264. The van der Waals surface area contributed by atoms with Gasteiger partial charge in [0.05, 0.1) is 23.3 Å². The summed E-state index contributed by atoms with van der Waals surface area (Å²) in [6, 6.07) is 10.4. The molecule has 2 saturated heterocycles. The second-order valence-corrected chi connectivity index (χ2v) is 16.0. The van der Waals surface area contributed by atoms with Crippen molar-refractivity contribution in [1.29, 1.82) is 5.26 Å². The van der Waals surface area contributed by atoms with E-state index in [4.69, 9.17) is 0 Å². The summed E-state index contributed by atoms with van der Waals surface area (Å²) in [5.74, 6) is 1.48. The van der Waals surface area contributed by atoms with Crippen molar-refractivity contribution in [3.63, 3.8) is 0 Å². The van der Waals surface area contributed by atoms with Crippen LogP contribution in [0.15, 0.2) is 24.3 Å². The zero-order chi connectivity index (χ0) is 32.8. The molecule has 0 bridgehead atoms.